The third-order valence-electron chi connectivity index (χ3n) is 7.41. The van der Waals surface area contributed by atoms with Crippen molar-refractivity contribution >= 4 is 27.4 Å². The molecule has 39 heavy (non-hydrogen) atoms. The number of sulfonamides is 1. The second-order valence-electron chi connectivity index (χ2n) is 11.1. The summed E-state index contributed by atoms with van der Waals surface area (Å²) < 4.78 is 27.5. The number of carbonyl (C=O) groups excluding carboxylic acids is 1. The summed E-state index contributed by atoms with van der Waals surface area (Å²) in [5.41, 5.74) is 3.83. The van der Waals surface area contributed by atoms with Gasteiger partial charge in [-0.15, -0.1) is 0 Å². The van der Waals surface area contributed by atoms with E-state index < -0.39 is 27.4 Å². The molecule has 0 saturated carbocycles. The first-order valence-electron chi connectivity index (χ1n) is 13.0. The Morgan fingerprint density at radius 2 is 1.72 bits per heavy atom. The van der Waals surface area contributed by atoms with Crippen molar-refractivity contribution in [3.63, 3.8) is 0 Å². The highest BCUT2D eigenvalue weighted by molar-refractivity contribution is 7.92. The number of aliphatic hydroxyl groups is 2. The SMILES string of the molecule is Cc1cc(C)cc(C(C)(C)C(=O)N(c2cnc(N3C[C@H](O)C[C@H]3CO)cc2-c2ccccc2C)S(C)(=O)=O)c1. The number of rotatable bonds is 7. The van der Waals surface area contributed by atoms with E-state index in [0.29, 0.717) is 24.3 Å². The van der Waals surface area contributed by atoms with Crippen molar-refractivity contribution in [3.05, 3.63) is 77.0 Å². The van der Waals surface area contributed by atoms with Crippen LogP contribution in [0.2, 0.25) is 0 Å². The van der Waals surface area contributed by atoms with Gasteiger partial charge in [-0.25, -0.2) is 17.7 Å². The summed E-state index contributed by atoms with van der Waals surface area (Å²) in [5.74, 6) is -0.105. The maximum Gasteiger partial charge on any atom is 0.250 e. The van der Waals surface area contributed by atoms with Crippen molar-refractivity contribution in [2.24, 2.45) is 0 Å². The molecule has 0 radical (unpaired) electrons. The van der Waals surface area contributed by atoms with E-state index in [-0.39, 0.29) is 18.3 Å². The zero-order chi connectivity index (χ0) is 28.7. The summed E-state index contributed by atoms with van der Waals surface area (Å²) in [6.07, 6.45) is 2.22. The van der Waals surface area contributed by atoms with Gasteiger partial charge in [0, 0.05) is 12.1 Å². The maximum atomic E-state index is 14.2. The van der Waals surface area contributed by atoms with Crippen LogP contribution in [0.5, 0.6) is 0 Å². The van der Waals surface area contributed by atoms with Crippen LogP contribution in [0.25, 0.3) is 11.1 Å². The number of aromatic nitrogens is 1. The van der Waals surface area contributed by atoms with E-state index in [2.05, 4.69) is 4.98 Å². The highest BCUT2D eigenvalue weighted by Gasteiger charge is 2.41. The van der Waals surface area contributed by atoms with Gasteiger partial charge in [-0.1, -0.05) is 53.6 Å². The van der Waals surface area contributed by atoms with Crippen molar-refractivity contribution < 1.29 is 23.4 Å². The quantitative estimate of drug-likeness (QED) is 0.459. The Morgan fingerprint density at radius 1 is 1.08 bits per heavy atom. The fourth-order valence-corrected chi connectivity index (χ4v) is 6.38. The third kappa shape index (κ3) is 5.71. The Balaban J connectivity index is 1.93. The lowest BCUT2D eigenvalue weighted by Crippen LogP contribution is -2.47. The minimum Gasteiger partial charge on any atom is -0.394 e. The largest absolute Gasteiger partial charge is 0.394 e. The average molecular weight is 552 g/mol. The molecule has 2 heterocycles. The van der Waals surface area contributed by atoms with Gasteiger partial charge in [-0.3, -0.25) is 4.79 Å². The molecular weight excluding hydrogens is 514 g/mol. The van der Waals surface area contributed by atoms with Crippen LogP contribution in [-0.4, -0.2) is 61.1 Å². The minimum absolute atomic E-state index is 0.151. The lowest BCUT2D eigenvalue weighted by atomic mass is 9.82. The first-order chi connectivity index (χ1) is 18.2. The van der Waals surface area contributed by atoms with E-state index in [9.17, 15) is 23.4 Å². The van der Waals surface area contributed by atoms with Crippen LogP contribution in [0.15, 0.2) is 54.7 Å². The number of hydrogen-bond acceptors (Lipinski definition) is 7. The van der Waals surface area contributed by atoms with Crippen LogP contribution in [-0.2, 0) is 20.2 Å². The summed E-state index contributed by atoms with van der Waals surface area (Å²) >= 11 is 0. The molecule has 1 fully saturated rings. The summed E-state index contributed by atoms with van der Waals surface area (Å²) in [6.45, 7) is 9.40. The lowest BCUT2D eigenvalue weighted by Gasteiger charge is -2.33. The van der Waals surface area contributed by atoms with Gasteiger partial charge in [0.25, 0.3) is 5.91 Å². The number of aryl methyl sites for hydroxylation is 3. The number of amides is 1. The molecule has 3 aromatic rings. The van der Waals surface area contributed by atoms with Gasteiger partial charge in [0.05, 0.1) is 42.3 Å². The fourth-order valence-electron chi connectivity index (χ4n) is 5.34. The second kappa shape index (κ2) is 10.7. The molecule has 0 unspecified atom stereocenters. The first-order valence-corrected chi connectivity index (χ1v) is 14.8. The Morgan fingerprint density at radius 3 is 2.31 bits per heavy atom. The summed E-state index contributed by atoms with van der Waals surface area (Å²) in [4.78, 5) is 20.6. The smallest absolute Gasteiger partial charge is 0.250 e. The molecule has 0 spiro atoms. The van der Waals surface area contributed by atoms with E-state index >= 15 is 0 Å². The number of β-amino-alcohol motifs (C(OH)–C–C–N with tert-alkyl or cyclic N) is 1. The van der Waals surface area contributed by atoms with E-state index in [0.717, 1.165) is 38.4 Å². The maximum absolute atomic E-state index is 14.2. The molecular formula is C30H37N3O5S. The molecule has 208 valence electrons. The predicted octanol–water partition coefficient (Wildman–Crippen LogP) is 3.88. The van der Waals surface area contributed by atoms with E-state index in [1.807, 2.05) is 68.1 Å². The Labute approximate surface area is 231 Å². The van der Waals surface area contributed by atoms with Crippen molar-refractivity contribution in [3.8, 4) is 11.1 Å². The Hall–Kier alpha value is -3.27. The monoisotopic (exact) mass is 551 g/mol. The highest BCUT2D eigenvalue weighted by Crippen LogP contribution is 2.40. The predicted molar refractivity (Wildman–Crippen MR) is 155 cm³/mol. The fraction of sp³-hybridized carbons (Fsp3) is 0.400. The molecule has 1 aromatic heterocycles. The Kier molecular flexibility index (Phi) is 7.89. The molecule has 0 bridgehead atoms. The standard InChI is InChI=1S/C30H37N3O5S/c1-19-11-20(2)13-22(12-19)30(4,5)29(36)33(39(6,37)38)27-16-31-28(32-17-24(35)14-23(32)18-34)15-26(27)25-10-8-7-9-21(25)3/h7-13,15-16,23-24,34-35H,14,17-18H2,1-6H3/t23-,24+/m0/s1. The van der Waals surface area contributed by atoms with Crippen LogP contribution in [0.3, 0.4) is 0 Å². The van der Waals surface area contributed by atoms with Crippen LogP contribution in [0.1, 0.15) is 42.5 Å². The lowest BCUT2D eigenvalue weighted by molar-refractivity contribution is -0.121. The number of hydrogen-bond donors (Lipinski definition) is 2. The number of pyridine rings is 1. The van der Waals surface area contributed by atoms with Crippen LogP contribution in [0, 0.1) is 20.8 Å². The van der Waals surface area contributed by atoms with E-state index in [1.165, 1.54) is 6.20 Å². The molecule has 1 amide bonds. The van der Waals surface area contributed by atoms with Gasteiger partial charge in [-0.05, 0) is 63.8 Å². The van der Waals surface area contributed by atoms with Gasteiger partial charge in [0.2, 0.25) is 10.0 Å². The van der Waals surface area contributed by atoms with Gasteiger partial charge < -0.3 is 15.1 Å². The zero-order valence-corrected chi connectivity index (χ0v) is 24.2. The molecule has 2 N–H and O–H groups in total. The summed E-state index contributed by atoms with van der Waals surface area (Å²) in [6, 6.07) is 14.8. The summed E-state index contributed by atoms with van der Waals surface area (Å²) in [7, 11) is -4.08. The number of nitrogens with zero attached hydrogens (tertiary/aromatic N) is 3. The number of anilines is 2. The third-order valence-corrected chi connectivity index (χ3v) is 8.44. The van der Waals surface area contributed by atoms with Gasteiger partial charge >= 0.3 is 0 Å². The van der Waals surface area contributed by atoms with Crippen molar-refractivity contribution in [1.82, 2.24) is 4.98 Å². The van der Waals surface area contributed by atoms with E-state index in [1.54, 1.807) is 19.9 Å². The molecule has 4 rings (SSSR count). The number of carbonyl (C=O) groups is 1. The van der Waals surface area contributed by atoms with Crippen molar-refractivity contribution in [1.29, 1.82) is 0 Å². The van der Waals surface area contributed by atoms with Gasteiger partial charge in [0.1, 0.15) is 5.82 Å². The average Bonchev–Trinajstić information content (AvgIpc) is 3.24. The minimum atomic E-state index is -4.08. The number of aliphatic hydroxyl groups excluding tert-OH is 2. The summed E-state index contributed by atoms with van der Waals surface area (Å²) in [5, 5.41) is 20.1. The Bertz CT molecular complexity index is 1480. The second-order valence-corrected chi connectivity index (χ2v) is 12.9. The topological polar surface area (TPSA) is 111 Å². The van der Waals surface area contributed by atoms with E-state index in [4.69, 9.17) is 0 Å². The molecule has 0 aliphatic carbocycles. The normalized spacial score (nSPS) is 17.9. The molecule has 1 aliphatic rings. The van der Waals surface area contributed by atoms with Crippen molar-refractivity contribution in [2.45, 2.75) is 58.6 Å². The molecule has 8 nitrogen and oxygen atoms in total. The first kappa shape index (κ1) is 28.7. The molecule has 2 aromatic carbocycles. The highest BCUT2D eigenvalue weighted by atomic mass is 32.2. The molecule has 9 heteroatoms. The molecule has 1 saturated heterocycles. The van der Waals surface area contributed by atoms with Crippen LogP contribution >= 0.6 is 0 Å². The number of benzene rings is 2. The molecule has 1 aliphatic heterocycles. The van der Waals surface area contributed by atoms with Crippen LogP contribution < -0.4 is 9.21 Å². The zero-order valence-electron chi connectivity index (χ0n) is 23.3. The van der Waals surface area contributed by atoms with Crippen molar-refractivity contribution in [2.75, 3.05) is 28.6 Å². The van der Waals surface area contributed by atoms with Crippen LogP contribution in [0.4, 0.5) is 11.5 Å². The molecule has 2 atom stereocenters. The van der Waals surface area contributed by atoms with Gasteiger partial charge in [0.15, 0.2) is 0 Å². The van der Waals surface area contributed by atoms with Gasteiger partial charge in [-0.2, -0.15) is 0 Å².